The topological polar surface area (TPSA) is 58.7 Å². The molecule has 1 heterocycles. The van der Waals surface area contributed by atoms with E-state index in [9.17, 15) is 13.6 Å². The Bertz CT molecular complexity index is 738. The van der Waals surface area contributed by atoms with E-state index in [1.54, 1.807) is 0 Å². The second kappa shape index (κ2) is 4.53. The molecule has 2 aromatic rings. The lowest BCUT2D eigenvalue weighted by Gasteiger charge is -2.13. The predicted molar refractivity (Wildman–Crippen MR) is 65.5 cm³/mol. The Kier molecular flexibility index (Phi) is 2.83. The van der Waals surface area contributed by atoms with Gasteiger partial charge < -0.3 is 0 Å². The van der Waals surface area contributed by atoms with E-state index in [0.29, 0.717) is 25.0 Å². The summed E-state index contributed by atoms with van der Waals surface area (Å²) in [5, 5.41) is 13.0. The highest BCUT2D eigenvalue weighted by Gasteiger charge is 2.29. The number of Topliss-reactive ketones (excluding diaryl/α,β-unsaturated/α-hetero) is 1. The van der Waals surface area contributed by atoms with Crippen molar-refractivity contribution in [1.29, 1.82) is 5.26 Å². The Labute approximate surface area is 113 Å². The van der Waals surface area contributed by atoms with E-state index in [4.69, 9.17) is 5.26 Å². The highest BCUT2D eigenvalue weighted by molar-refractivity contribution is 6.00. The van der Waals surface area contributed by atoms with Gasteiger partial charge in [0.2, 0.25) is 0 Å². The van der Waals surface area contributed by atoms with Crippen molar-refractivity contribution in [1.82, 2.24) is 9.78 Å². The van der Waals surface area contributed by atoms with Crippen LogP contribution in [0.1, 0.15) is 34.6 Å². The SMILES string of the molecule is N#Cc1nn(-c2c(F)cccc2F)c2c1C(=O)CCC2. The molecule has 0 aliphatic heterocycles. The van der Waals surface area contributed by atoms with Crippen LogP contribution >= 0.6 is 0 Å². The standard InChI is InChI=1S/C14H9F2N3O/c15-8-3-1-4-9(16)14(8)19-11-5-2-6-12(20)13(11)10(7-17)18-19/h1,3-4H,2,5-6H2. The number of aromatic nitrogens is 2. The molecular formula is C14H9F2N3O. The number of halogens is 2. The molecule has 1 aromatic carbocycles. The minimum Gasteiger partial charge on any atom is -0.294 e. The van der Waals surface area contributed by atoms with Crippen LogP contribution in [0.5, 0.6) is 0 Å². The molecule has 1 aliphatic carbocycles. The van der Waals surface area contributed by atoms with E-state index in [0.717, 1.165) is 16.8 Å². The molecule has 20 heavy (non-hydrogen) atoms. The number of rotatable bonds is 1. The fraction of sp³-hybridized carbons (Fsp3) is 0.214. The van der Waals surface area contributed by atoms with Gasteiger partial charge in [-0.1, -0.05) is 6.07 Å². The van der Waals surface area contributed by atoms with Gasteiger partial charge in [0.1, 0.15) is 11.8 Å². The first-order chi connectivity index (χ1) is 9.63. The maximum Gasteiger partial charge on any atom is 0.174 e. The van der Waals surface area contributed by atoms with Crippen molar-refractivity contribution in [2.75, 3.05) is 0 Å². The van der Waals surface area contributed by atoms with Gasteiger partial charge in [0, 0.05) is 6.42 Å². The summed E-state index contributed by atoms with van der Waals surface area (Å²) in [5.41, 5.74) is 0.176. The predicted octanol–water partition coefficient (Wildman–Crippen LogP) is 2.54. The molecule has 6 heteroatoms. The van der Waals surface area contributed by atoms with E-state index >= 15 is 0 Å². The van der Waals surface area contributed by atoms with Crippen molar-refractivity contribution in [3.05, 3.63) is 46.8 Å². The molecule has 0 bridgehead atoms. The van der Waals surface area contributed by atoms with Gasteiger partial charge >= 0.3 is 0 Å². The fourth-order valence-corrected chi connectivity index (χ4v) is 2.47. The maximum absolute atomic E-state index is 13.8. The number of ketones is 1. The normalized spacial score (nSPS) is 13.9. The Morgan fingerprint density at radius 1 is 1.25 bits per heavy atom. The zero-order chi connectivity index (χ0) is 14.3. The molecule has 1 aromatic heterocycles. The quantitative estimate of drug-likeness (QED) is 0.802. The first-order valence-corrected chi connectivity index (χ1v) is 6.13. The van der Waals surface area contributed by atoms with Crippen molar-refractivity contribution >= 4 is 5.78 Å². The van der Waals surface area contributed by atoms with Crippen LogP contribution < -0.4 is 0 Å². The third kappa shape index (κ3) is 1.71. The molecule has 4 nitrogen and oxygen atoms in total. The summed E-state index contributed by atoms with van der Waals surface area (Å²) >= 11 is 0. The van der Waals surface area contributed by atoms with E-state index < -0.39 is 11.6 Å². The molecule has 1 aliphatic rings. The number of para-hydroxylation sites is 1. The highest BCUT2D eigenvalue weighted by Crippen LogP contribution is 2.28. The zero-order valence-electron chi connectivity index (χ0n) is 10.4. The second-order valence-corrected chi connectivity index (χ2v) is 4.54. The van der Waals surface area contributed by atoms with Crippen LogP contribution in [-0.2, 0) is 6.42 Å². The van der Waals surface area contributed by atoms with Crippen molar-refractivity contribution in [3.8, 4) is 11.8 Å². The van der Waals surface area contributed by atoms with Crippen LogP contribution in [0, 0.1) is 23.0 Å². The van der Waals surface area contributed by atoms with Crippen LogP contribution in [0.25, 0.3) is 5.69 Å². The van der Waals surface area contributed by atoms with Crippen LogP contribution in [0.2, 0.25) is 0 Å². The molecule has 0 radical (unpaired) electrons. The van der Waals surface area contributed by atoms with E-state index in [1.165, 1.54) is 6.07 Å². The lowest BCUT2D eigenvalue weighted by Crippen LogP contribution is -2.14. The summed E-state index contributed by atoms with van der Waals surface area (Å²) in [4.78, 5) is 11.9. The molecule has 0 saturated carbocycles. The van der Waals surface area contributed by atoms with Gasteiger partial charge in [0.15, 0.2) is 23.1 Å². The first kappa shape index (κ1) is 12.5. The van der Waals surface area contributed by atoms with Crippen LogP contribution in [-0.4, -0.2) is 15.6 Å². The third-order valence-corrected chi connectivity index (χ3v) is 3.33. The maximum atomic E-state index is 13.8. The molecule has 0 fully saturated rings. The number of nitriles is 1. The number of fused-ring (bicyclic) bond motifs is 1. The molecule has 0 amide bonds. The minimum atomic E-state index is -0.780. The van der Waals surface area contributed by atoms with Gasteiger partial charge in [0.05, 0.1) is 11.3 Å². The Morgan fingerprint density at radius 2 is 1.95 bits per heavy atom. The lowest BCUT2D eigenvalue weighted by molar-refractivity contribution is 0.0972. The fourth-order valence-electron chi connectivity index (χ4n) is 2.47. The molecule has 100 valence electrons. The average Bonchev–Trinajstić information content (AvgIpc) is 2.79. The smallest absolute Gasteiger partial charge is 0.174 e. The number of benzene rings is 1. The Hall–Kier alpha value is -2.55. The zero-order valence-corrected chi connectivity index (χ0v) is 10.4. The largest absolute Gasteiger partial charge is 0.294 e. The van der Waals surface area contributed by atoms with Gasteiger partial charge in [-0.05, 0) is 25.0 Å². The molecule has 0 atom stereocenters. The third-order valence-electron chi connectivity index (χ3n) is 3.33. The molecule has 0 spiro atoms. The monoisotopic (exact) mass is 273 g/mol. The number of carbonyl (C=O) groups is 1. The summed E-state index contributed by atoms with van der Waals surface area (Å²) in [5.74, 6) is -1.76. The Balaban J connectivity index is 2.32. The molecule has 0 saturated heterocycles. The summed E-state index contributed by atoms with van der Waals surface area (Å²) < 4.78 is 28.7. The summed E-state index contributed by atoms with van der Waals surface area (Å²) in [6, 6.07) is 5.30. The highest BCUT2D eigenvalue weighted by atomic mass is 19.1. The summed E-state index contributed by atoms with van der Waals surface area (Å²) in [6.45, 7) is 0. The van der Waals surface area contributed by atoms with E-state index in [2.05, 4.69) is 5.10 Å². The summed E-state index contributed by atoms with van der Waals surface area (Å²) in [7, 11) is 0. The second-order valence-electron chi connectivity index (χ2n) is 4.54. The summed E-state index contributed by atoms with van der Waals surface area (Å²) in [6.07, 6.45) is 1.37. The minimum absolute atomic E-state index is 0.0765. The van der Waals surface area contributed by atoms with Gasteiger partial charge in [-0.25, -0.2) is 13.5 Å². The molecule has 0 unspecified atom stereocenters. The lowest BCUT2D eigenvalue weighted by atomic mass is 9.94. The average molecular weight is 273 g/mol. The molecular weight excluding hydrogens is 264 g/mol. The van der Waals surface area contributed by atoms with Crippen molar-refractivity contribution in [2.45, 2.75) is 19.3 Å². The molecule has 0 N–H and O–H groups in total. The number of carbonyl (C=O) groups excluding carboxylic acids is 1. The van der Waals surface area contributed by atoms with Crippen LogP contribution in [0.4, 0.5) is 8.78 Å². The van der Waals surface area contributed by atoms with E-state index in [1.807, 2.05) is 6.07 Å². The van der Waals surface area contributed by atoms with Gasteiger partial charge in [-0.3, -0.25) is 4.79 Å². The number of hydrogen-bond acceptors (Lipinski definition) is 3. The van der Waals surface area contributed by atoms with Crippen molar-refractivity contribution in [2.24, 2.45) is 0 Å². The van der Waals surface area contributed by atoms with E-state index in [-0.39, 0.29) is 22.7 Å². The number of hydrogen-bond donors (Lipinski definition) is 0. The van der Waals surface area contributed by atoms with Gasteiger partial charge in [-0.15, -0.1) is 0 Å². The van der Waals surface area contributed by atoms with Crippen LogP contribution in [0.3, 0.4) is 0 Å². The first-order valence-electron chi connectivity index (χ1n) is 6.13. The molecule has 3 rings (SSSR count). The van der Waals surface area contributed by atoms with Gasteiger partial charge in [-0.2, -0.15) is 10.4 Å². The number of nitrogens with zero attached hydrogens (tertiary/aromatic N) is 3. The van der Waals surface area contributed by atoms with Crippen molar-refractivity contribution < 1.29 is 13.6 Å². The van der Waals surface area contributed by atoms with Crippen molar-refractivity contribution in [3.63, 3.8) is 0 Å². The Morgan fingerprint density at radius 3 is 2.60 bits per heavy atom. The van der Waals surface area contributed by atoms with Crippen LogP contribution in [0.15, 0.2) is 18.2 Å². The van der Waals surface area contributed by atoms with Gasteiger partial charge in [0.25, 0.3) is 0 Å².